The molecule has 0 saturated heterocycles. The number of hydrogen-bond acceptors (Lipinski definition) is 5. The van der Waals surface area contributed by atoms with Gasteiger partial charge in [-0.2, -0.15) is 0 Å². The van der Waals surface area contributed by atoms with Crippen molar-refractivity contribution in [3.63, 3.8) is 0 Å². The van der Waals surface area contributed by atoms with Gasteiger partial charge in [0.05, 0.1) is 20.3 Å². The third-order valence-electron chi connectivity index (χ3n) is 1.47. The summed E-state index contributed by atoms with van der Waals surface area (Å²) in [6.07, 6.45) is 0. The highest BCUT2D eigenvalue weighted by Crippen LogP contribution is 2.11. The van der Waals surface area contributed by atoms with Crippen LogP contribution in [0, 0.1) is 0 Å². The molecule has 6 nitrogen and oxygen atoms in total. The van der Waals surface area contributed by atoms with E-state index in [0.717, 1.165) is 5.06 Å². The average Bonchev–Trinajstić information content (AvgIpc) is 2.63. The number of carbonyl (C=O) groups is 1. The van der Waals surface area contributed by atoms with Gasteiger partial charge in [0.1, 0.15) is 0 Å². The summed E-state index contributed by atoms with van der Waals surface area (Å²) in [4.78, 5) is 16.0. The lowest BCUT2D eigenvalue weighted by Gasteiger charge is -2.10. The van der Waals surface area contributed by atoms with Crippen LogP contribution < -0.4 is 4.74 Å². The molecule has 0 unspecified atom stereocenters. The van der Waals surface area contributed by atoms with Crippen molar-refractivity contribution in [1.82, 2.24) is 10.2 Å². The van der Waals surface area contributed by atoms with Gasteiger partial charge < -0.3 is 9.26 Å². The predicted molar refractivity (Wildman–Crippen MR) is 42.2 cm³/mol. The third kappa shape index (κ3) is 1.97. The highest BCUT2D eigenvalue weighted by Gasteiger charge is 2.17. The van der Waals surface area contributed by atoms with Crippen molar-refractivity contribution in [2.45, 2.75) is 0 Å². The number of rotatable bonds is 3. The molecule has 0 spiro atoms. The first-order chi connectivity index (χ1) is 6.19. The molecule has 0 aliphatic heterocycles. The molecular formula is C7H10N2O4. The van der Waals surface area contributed by atoms with Crippen molar-refractivity contribution >= 4 is 5.91 Å². The maximum Gasteiger partial charge on any atom is 0.315 e. The van der Waals surface area contributed by atoms with E-state index in [2.05, 4.69) is 9.99 Å². The molecular weight excluding hydrogens is 176 g/mol. The van der Waals surface area contributed by atoms with Crippen molar-refractivity contribution in [2.24, 2.45) is 0 Å². The minimum Gasteiger partial charge on any atom is -0.479 e. The van der Waals surface area contributed by atoms with Gasteiger partial charge in [-0.3, -0.25) is 9.63 Å². The molecule has 0 aliphatic carbocycles. The van der Waals surface area contributed by atoms with Gasteiger partial charge >= 0.3 is 5.91 Å². The van der Waals surface area contributed by atoms with Crippen molar-refractivity contribution < 1.29 is 18.9 Å². The Balaban J connectivity index is 2.77. The van der Waals surface area contributed by atoms with Gasteiger partial charge in [-0.1, -0.05) is 0 Å². The number of ether oxygens (including phenoxy) is 1. The van der Waals surface area contributed by atoms with Crippen LogP contribution in [0.5, 0.6) is 5.88 Å². The van der Waals surface area contributed by atoms with Crippen LogP contribution in [-0.2, 0) is 4.84 Å². The monoisotopic (exact) mass is 186 g/mol. The molecule has 0 N–H and O–H groups in total. The fourth-order valence-corrected chi connectivity index (χ4v) is 0.694. The van der Waals surface area contributed by atoms with Gasteiger partial charge in [0.2, 0.25) is 5.76 Å². The van der Waals surface area contributed by atoms with Gasteiger partial charge in [-0.25, -0.2) is 5.06 Å². The van der Waals surface area contributed by atoms with Crippen LogP contribution in [0.25, 0.3) is 0 Å². The molecule has 6 heteroatoms. The molecule has 0 aliphatic rings. The van der Waals surface area contributed by atoms with E-state index in [0.29, 0.717) is 0 Å². The van der Waals surface area contributed by atoms with Crippen LogP contribution in [0.3, 0.4) is 0 Å². The van der Waals surface area contributed by atoms with Crippen LogP contribution >= 0.6 is 0 Å². The average molecular weight is 186 g/mol. The Bertz CT molecular complexity index is 296. The summed E-state index contributed by atoms with van der Waals surface area (Å²) in [7, 11) is 4.29. The van der Waals surface area contributed by atoms with Gasteiger partial charge in [0.15, 0.2) is 0 Å². The highest BCUT2D eigenvalue weighted by atomic mass is 16.7. The molecule has 0 radical (unpaired) electrons. The summed E-state index contributed by atoms with van der Waals surface area (Å²) >= 11 is 0. The standard InChI is InChI=1S/C7H10N2O4/c1-9(12-3)7(10)5-4-6(11-2)8-13-5/h4H,1-3H3. The summed E-state index contributed by atoms with van der Waals surface area (Å²) in [6, 6.07) is 1.39. The van der Waals surface area contributed by atoms with E-state index < -0.39 is 5.91 Å². The van der Waals surface area contributed by atoms with E-state index in [9.17, 15) is 4.79 Å². The number of aromatic nitrogens is 1. The Morgan fingerprint density at radius 1 is 1.62 bits per heavy atom. The fraction of sp³-hybridized carbons (Fsp3) is 0.429. The predicted octanol–water partition coefficient (Wildman–Crippen LogP) is 0.317. The second-order valence-corrected chi connectivity index (χ2v) is 2.22. The van der Waals surface area contributed by atoms with Crippen LogP contribution in [0.15, 0.2) is 10.6 Å². The number of amides is 1. The second kappa shape index (κ2) is 3.90. The lowest BCUT2D eigenvalue weighted by Crippen LogP contribution is -2.24. The van der Waals surface area contributed by atoms with Gasteiger partial charge in [-0.15, -0.1) is 0 Å². The molecule has 1 aromatic rings. The lowest BCUT2D eigenvalue weighted by molar-refractivity contribution is -0.0776. The molecule has 0 fully saturated rings. The molecule has 1 aromatic heterocycles. The van der Waals surface area contributed by atoms with Crippen molar-refractivity contribution in [1.29, 1.82) is 0 Å². The maximum absolute atomic E-state index is 11.3. The zero-order valence-electron chi connectivity index (χ0n) is 7.60. The molecule has 1 rings (SSSR count). The molecule has 13 heavy (non-hydrogen) atoms. The van der Waals surface area contributed by atoms with Gasteiger partial charge in [0.25, 0.3) is 5.88 Å². The van der Waals surface area contributed by atoms with E-state index in [4.69, 9.17) is 9.26 Å². The smallest absolute Gasteiger partial charge is 0.315 e. The van der Waals surface area contributed by atoms with Gasteiger partial charge in [0, 0.05) is 7.05 Å². The largest absolute Gasteiger partial charge is 0.479 e. The Morgan fingerprint density at radius 2 is 2.31 bits per heavy atom. The minimum absolute atomic E-state index is 0.0706. The molecule has 1 heterocycles. The van der Waals surface area contributed by atoms with Crippen molar-refractivity contribution in [3.8, 4) is 5.88 Å². The van der Waals surface area contributed by atoms with Crippen LogP contribution in [-0.4, -0.2) is 37.4 Å². The quantitative estimate of drug-likeness (QED) is 0.636. The number of hydroxylamine groups is 2. The Hall–Kier alpha value is -1.56. The van der Waals surface area contributed by atoms with E-state index in [1.54, 1.807) is 0 Å². The lowest BCUT2D eigenvalue weighted by atomic mass is 10.4. The Labute approximate surface area is 75.0 Å². The zero-order valence-corrected chi connectivity index (χ0v) is 7.60. The van der Waals surface area contributed by atoms with Crippen molar-refractivity contribution in [2.75, 3.05) is 21.3 Å². The Kier molecular flexibility index (Phi) is 2.86. The van der Waals surface area contributed by atoms with Crippen LogP contribution in [0.4, 0.5) is 0 Å². The zero-order chi connectivity index (χ0) is 9.84. The fourth-order valence-electron chi connectivity index (χ4n) is 0.694. The summed E-state index contributed by atoms with van der Waals surface area (Å²) < 4.78 is 9.44. The maximum atomic E-state index is 11.3. The summed E-state index contributed by atoms with van der Waals surface area (Å²) in [5.41, 5.74) is 0. The normalized spacial score (nSPS) is 9.77. The number of methoxy groups -OCH3 is 1. The molecule has 0 atom stereocenters. The van der Waals surface area contributed by atoms with Crippen molar-refractivity contribution in [3.05, 3.63) is 11.8 Å². The van der Waals surface area contributed by atoms with Crippen LogP contribution in [0.1, 0.15) is 10.6 Å². The first-order valence-corrected chi connectivity index (χ1v) is 3.52. The minimum atomic E-state index is -0.418. The Morgan fingerprint density at radius 3 is 2.77 bits per heavy atom. The number of carbonyl (C=O) groups excluding carboxylic acids is 1. The van der Waals surface area contributed by atoms with E-state index >= 15 is 0 Å². The summed E-state index contributed by atoms with van der Waals surface area (Å²) in [5, 5.41) is 4.50. The number of hydrogen-bond donors (Lipinski definition) is 0. The van der Waals surface area contributed by atoms with Gasteiger partial charge in [-0.05, 0) is 5.16 Å². The molecule has 1 amide bonds. The summed E-state index contributed by atoms with van der Waals surface area (Å²) in [5.74, 6) is -0.0904. The van der Waals surface area contributed by atoms with Crippen LogP contribution in [0.2, 0.25) is 0 Å². The SMILES string of the molecule is COc1cc(C(=O)N(C)OC)on1. The highest BCUT2D eigenvalue weighted by molar-refractivity contribution is 5.90. The molecule has 0 saturated carbocycles. The first-order valence-electron chi connectivity index (χ1n) is 3.52. The molecule has 0 bridgehead atoms. The third-order valence-corrected chi connectivity index (χ3v) is 1.47. The summed E-state index contributed by atoms with van der Waals surface area (Å²) in [6.45, 7) is 0. The second-order valence-electron chi connectivity index (χ2n) is 2.22. The number of nitrogens with zero attached hydrogens (tertiary/aromatic N) is 2. The molecule has 0 aromatic carbocycles. The topological polar surface area (TPSA) is 64.8 Å². The molecule has 72 valence electrons. The van der Waals surface area contributed by atoms with E-state index in [1.807, 2.05) is 0 Å². The first kappa shape index (κ1) is 9.53. The van der Waals surface area contributed by atoms with E-state index in [-0.39, 0.29) is 11.6 Å². The van der Waals surface area contributed by atoms with E-state index in [1.165, 1.54) is 27.3 Å².